The van der Waals surface area contributed by atoms with Crippen molar-refractivity contribution in [1.82, 2.24) is 0 Å². The molecule has 2 fully saturated rings. The van der Waals surface area contributed by atoms with Gasteiger partial charge in [-0.3, -0.25) is 4.79 Å². The van der Waals surface area contributed by atoms with Crippen molar-refractivity contribution in [1.29, 1.82) is 0 Å². The van der Waals surface area contributed by atoms with E-state index in [9.17, 15) is 9.18 Å². The Balaban J connectivity index is 0.000000791. The second-order valence-electron chi connectivity index (χ2n) is 8.59. The van der Waals surface area contributed by atoms with Crippen LogP contribution in [0.1, 0.15) is 80.1 Å². The second kappa shape index (κ2) is 9.63. The average molecular weight is 383 g/mol. The molecule has 3 aliphatic rings. The highest BCUT2D eigenvalue weighted by molar-refractivity contribution is 7.15. The van der Waals surface area contributed by atoms with Gasteiger partial charge < -0.3 is 0 Å². The van der Waals surface area contributed by atoms with Gasteiger partial charge in [0.05, 0.1) is 6.33 Å². The minimum absolute atomic E-state index is 0.00132. The summed E-state index contributed by atoms with van der Waals surface area (Å²) in [6.45, 7) is 15.3. The SMILES string of the molecule is CC.CCC1C2C/C(=C\F)C3=CC(=O)CCC3(C)C2CCC1(C)C.CP. The van der Waals surface area contributed by atoms with Crippen molar-refractivity contribution in [2.75, 3.05) is 6.66 Å². The molecule has 150 valence electrons. The summed E-state index contributed by atoms with van der Waals surface area (Å²) in [5, 5.41) is 0. The van der Waals surface area contributed by atoms with Crippen LogP contribution in [0.15, 0.2) is 23.6 Å². The standard InChI is InChI=1S/C20H29FO.C2H6.CH5P/c1-5-16-15-10-13(12-21)18-11-14(22)6-9-20(18,4)17(15)7-8-19(16,2)3;2*1-2/h11-12,15-17H,5-10H2,1-4H3;1-2H3;2H2,1H3/b13-12+;;. The van der Waals surface area contributed by atoms with Crippen LogP contribution < -0.4 is 0 Å². The highest BCUT2D eigenvalue weighted by Crippen LogP contribution is 2.63. The van der Waals surface area contributed by atoms with Gasteiger partial charge in [-0.1, -0.05) is 54.6 Å². The number of carbonyl (C=O) groups excluding carboxylic acids is 1. The maximum atomic E-state index is 13.6. The zero-order valence-electron chi connectivity index (χ0n) is 18.0. The molecule has 0 radical (unpaired) electrons. The number of carbonyl (C=O) groups is 1. The first kappa shape index (κ1) is 23.5. The number of fused-ring (bicyclic) bond motifs is 3. The van der Waals surface area contributed by atoms with Crippen molar-refractivity contribution in [3.8, 4) is 0 Å². The van der Waals surface area contributed by atoms with E-state index in [1.807, 2.05) is 20.5 Å². The Kier molecular flexibility index (Phi) is 8.72. The molecule has 3 rings (SSSR count). The van der Waals surface area contributed by atoms with Crippen molar-refractivity contribution < 1.29 is 9.18 Å². The van der Waals surface area contributed by atoms with E-state index >= 15 is 0 Å². The van der Waals surface area contributed by atoms with E-state index in [4.69, 9.17) is 0 Å². The summed E-state index contributed by atoms with van der Waals surface area (Å²) >= 11 is 0. The van der Waals surface area contributed by atoms with Crippen molar-refractivity contribution in [2.24, 2.45) is 28.6 Å². The van der Waals surface area contributed by atoms with Crippen LogP contribution in [-0.2, 0) is 4.79 Å². The average Bonchev–Trinajstić information content (AvgIpc) is 2.64. The lowest BCUT2D eigenvalue weighted by Gasteiger charge is -2.58. The van der Waals surface area contributed by atoms with Gasteiger partial charge in [0.1, 0.15) is 0 Å². The highest BCUT2D eigenvalue weighted by atomic mass is 31.0. The monoisotopic (exact) mass is 382 g/mol. The van der Waals surface area contributed by atoms with Crippen molar-refractivity contribution in [3.05, 3.63) is 23.6 Å². The van der Waals surface area contributed by atoms with E-state index in [1.165, 1.54) is 19.3 Å². The molecule has 2 saturated carbocycles. The van der Waals surface area contributed by atoms with Crippen LogP contribution in [-0.4, -0.2) is 12.4 Å². The molecule has 1 nitrogen and oxygen atoms in total. The Morgan fingerprint density at radius 3 is 2.38 bits per heavy atom. The molecule has 26 heavy (non-hydrogen) atoms. The van der Waals surface area contributed by atoms with Crippen LogP contribution in [0.4, 0.5) is 4.39 Å². The van der Waals surface area contributed by atoms with Crippen LogP contribution >= 0.6 is 9.24 Å². The molecule has 0 aromatic carbocycles. The van der Waals surface area contributed by atoms with Gasteiger partial charge in [0.2, 0.25) is 0 Å². The molecule has 5 unspecified atom stereocenters. The van der Waals surface area contributed by atoms with Gasteiger partial charge in [-0.25, -0.2) is 4.39 Å². The van der Waals surface area contributed by atoms with Crippen LogP contribution in [0.25, 0.3) is 0 Å². The Morgan fingerprint density at radius 2 is 1.85 bits per heavy atom. The third-order valence-corrected chi connectivity index (χ3v) is 7.14. The predicted octanol–water partition coefficient (Wildman–Crippen LogP) is 7.14. The van der Waals surface area contributed by atoms with Crippen LogP contribution in [0.5, 0.6) is 0 Å². The molecule has 0 aromatic rings. The first-order valence-corrected chi connectivity index (χ1v) is 11.6. The summed E-state index contributed by atoms with van der Waals surface area (Å²) in [7, 11) is 2.42. The van der Waals surface area contributed by atoms with Gasteiger partial charge in [0.25, 0.3) is 0 Å². The summed E-state index contributed by atoms with van der Waals surface area (Å²) in [6.07, 6.45) is 8.52. The van der Waals surface area contributed by atoms with Gasteiger partial charge in [-0.2, -0.15) is 0 Å². The van der Waals surface area contributed by atoms with Crippen molar-refractivity contribution >= 4 is 15.0 Å². The minimum atomic E-state index is -0.00132. The maximum absolute atomic E-state index is 13.6. The van der Waals surface area contributed by atoms with Gasteiger partial charge >= 0.3 is 0 Å². The Morgan fingerprint density at radius 1 is 1.23 bits per heavy atom. The molecular formula is C23H40FOP. The van der Waals surface area contributed by atoms with Gasteiger partial charge in [-0.05, 0) is 71.5 Å². The fourth-order valence-electron chi connectivity index (χ4n) is 5.95. The van der Waals surface area contributed by atoms with E-state index < -0.39 is 0 Å². The molecule has 3 aliphatic carbocycles. The third-order valence-electron chi connectivity index (χ3n) is 7.14. The summed E-state index contributed by atoms with van der Waals surface area (Å²) < 4.78 is 13.6. The molecular weight excluding hydrogens is 342 g/mol. The van der Waals surface area contributed by atoms with Crippen molar-refractivity contribution in [2.45, 2.75) is 80.1 Å². The fraction of sp³-hybridized carbons (Fsp3) is 0.783. The first-order chi connectivity index (χ1) is 12.3. The molecule has 0 aromatic heterocycles. The molecule has 0 spiro atoms. The molecule has 0 amide bonds. The zero-order valence-corrected chi connectivity index (χ0v) is 19.1. The summed E-state index contributed by atoms with van der Waals surface area (Å²) in [5.41, 5.74) is 2.16. The molecule has 5 atom stereocenters. The lowest BCUT2D eigenvalue weighted by Crippen LogP contribution is -2.50. The number of ketones is 1. The predicted molar refractivity (Wildman–Crippen MR) is 115 cm³/mol. The van der Waals surface area contributed by atoms with Crippen LogP contribution in [0, 0.1) is 28.6 Å². The van der Waals surface area contributed by atoms with E-state index in [2.05, 4.69) is 36.9 Å². The summed E-state index contributed by atoms with van der Waals surface area (Å²) in [5.74, 6) is 1.99. The molecule has 0 bridgehead atoms. The number of halogens is 1. The van der Waals surface area contributed by atoms with E-state index in [-0.39, 0.29) is 11.2 Å². The highest BCUT2D eigenvalue weighted by Gasteiger charge is 2.54. The van der Waals surface area contributed by atoms with Crippen molar-refractivity contribution in [3.63, 3.8) is 0 Å². The van der Waals surface area contributed by atoms with Gasteiger partial charge in [0, 0.05) is 6.42 Å². The quantitative estimate of drug-likeness (QED) is 0.441. The lowest BCUT2D eigenvalue weighted by atomic mass is 9.46. The molecule has 0 aliphatic heterocycles. The number of allylic oxidation sites excluding steroid dienone is 3. The van der Waals surface area contributed by atoms with Gasteiger partial charge in [0.15, 0.2) is 5.78 Å². The van der Waals surface area contributed by atoms with Crippen LogP contribution in [0.3, 0.4) is 0 Å². The normalized spacial score (nSPS) is 36.5. The molecule has 0 saturated heterocycles. The molecule has 0 heterocycles. The first-order valence-electron chi connectivity index (χ1n) is 10.5. The Bertz CT molecular complexity index is 548. The number of hydrogen-bond donors (Lipinski definition) is 0. The minimum Gasteiger partial charge on any atom is -0.295 e. The van der Waals surface area contributed by atoms with E-state index in [1.54, 1.807) is 6.08 Å². The zero-order chi connectivity index (χ0) is 20.1. The van der Waals surface area contributed by atoms with Crippen LogP contribution in [0.2, 0.25) is 0 Å². The summed E-state index contributed by atoms with van der Waals surface area (Å²) in [6, 6.07) is 0. The smallest absolute Gasteiger partial charge is 0.156 e. The largest absolute Gasteiger partial charge is 0.295 e. The molecule has 0 N–H and O–H groups in total. The van der Waals surface area contributed by atoms with Gasteiger partial charge in [-0.15, -0.1) is 9.24 Å². The summed E-state index contributed by atoms with van der Waals surface area (Å²) in [4.78, 5) is 11.9. The third kappa shape index (κ3) is 4.16. The Labute approximate surface area is 163 Å². The Hall–Kier alpha value is -0.490. The second-order valence-corrected chi connectivity index (χ2v) is 8.59. The number of hydrogen-bond acceptors (Lipinski definition) is 1. The van der Waals surface area contributed by atoms with E-state index in [0.29, 0.717) is 29.6 Å². The topological polar surface area (TPSA) is 17.1 Å². The number of rotatable bonds is 1. The molecule has 3 heteroatoms. The lowest BCUT2D eigenvalue weighted by molar-refractivity contribution is -0.117. The maximum Gasteiger partial charge on any atom is 0.156 e. The van der Waals surface area contributed by atoms with E-state index in [0.717, 1.165) is 30.3 Å². The fourth-order valence-corrected chi connectivity index (χ4v) is 5.95.